The van der Waals surface area contributed by atoms with Crippen molar-refractivity contribution in [2.75, 3.05) is 0 Å². The van der Waals surface area contributed by atoms with Crippen molar-refractivity contribution in [2.45, 2.75) is 30.6 Å². The van der Waals surface area contributed by atoms with E-state index in [0.29, 0.717) is 0 Å². The van der Waals surface area contributed by atoms with Crippen LogP contribution in [0.3, 0.4) is 0 Å². The molecule has 0 aliphatic carbocycles. The predicted molar refractivity (Wildman–Crippen MR) is 28.0 cm³/mol. The average Bonchev–Trinajstić information content (AvgIpc) is 1.98. The third-order valence-electron chi connectivity index (χ3n) is 1.30. The van der Waals surface area contributed by atoms with Crippen molar-refractivity contribution in [3.8, 4) is 0 Å². The minimum atomic E-state index is -6.18. The van der Waals surface area contributed by atoms with E-state index in [0.717, 1.165) is 0 Å². The maximum atomic E-state index is 12.1. The van der Waals surface area contributed by atoms with Crippen LogP contribution in [-0.2, 0) is 0 Å². The van der Waals surface area contributed by atoms with E-state index in [1.165, 1.54) is 0 Å². The van der Waals surface area contributed by atoms with Crippen LogP contribution in [0.5, 0.6) is 0 Å². The first-order valence-electron chi connectivity index (χ1n) is 3.14. The van der Waals surface area contributed by atoms with Crippen molar-refractivity contribution in [1.82, 2.24) is 0 Å². The van der Waals surface area contributed by atoms with E-state index in [9.17, 15) is 39.5 Å². The number of aliphatic hydroxyl groups excluding tert-OH is 1. The van der Waals surface area contributed by atoms with Gasteiger partial charge >= 0.3 is 18.3 Å². The number of halogens is 9. The Hall–Kier alpha value is -0.670. The number of hydrogen-bond donors (Lipinski definition) is 1. The molecule has 0 saturated heterocycles. The summed E-state index contributed by atoms with van der Waals surface area (Å²) in [7, 11) is 0. The molecule has 0 spiro atoms. The first-order valence-corrected chi connectivity index (χ1v) is 3.14. The van der Waals surface area contributed by atoms with E-state index in [2.05, 4.69) is 0 Å². The molecule has 0 amide bonds. The summed E-state index contributed by atoms with van der Waals surface area (Å²) in [5.41, 5.74) is 0. The van der Waals surface area contributed by atoms with Crippen LogP contribution in [0.2, 0.25) is 0 Å². The minimum absolute atomic E-state index is 4.71. The molecule has 0 aromatic heterocycles. The van der Waals surface area contributed by atoms with Gasteiger partial charge in [-0.15, -0.1) is 0 Å². The van der Waals surface area contributed by atoms with E-state index >= 15 is 0 Å². The maximum Gasteiger partial charge on any atom is 0.425 e. The van der Waals surface area contributed by atoms with E-state index in [4.69, 9.17) is 5.11 Å². The van der Waals surface area contributed by atoms with Crippen LogP contribution < -0.4 is 0 Å². The summed E-state index contributed by atoms with van der Waals surface area (Å²) in [5, 5.41) is 7.83. The number of alkyl halides is 9. The highest BCUT2D eigenvalue weighted by atomic mass is 19.4. The van der Waals surface area contributed by atoms with Gasteiger partial charge in [-0.05, 0) is 0 Å². The van der Waals surface area contributed by atoms with E-state index in [1.54, 1.807) is 0 Å². The Bertz CT molecular complexity index is 194. The lowest BCUT2D eigenvalue weighted by atomic mass is 10.1. The molecule has 10 heteroatoms. The summed E-state index contributed by atoms with van der Waals surface area (Å²) < 4.78 is 105. The Kier molecular flexibility index (Phi) is 3.56. The van der Waals surface area contributed by atoms with Gasteiger partial charge in [0.2, 0.25) is 6.10 Å². The van der Waals surface area contributed by atoms with Gasteiger partial charge in [-0.25, -0.2) is 4.39 Å². The van der Waals surface area contributed by atoms with E-state index in [1.807, 2.05) is 0 Å². The highest BCUT2D eigenvalue weighted by Gasteiger charge is 2.66. The molecule has 0 fully saturated rings. The molecule has 15 heavy (non-hydrogen) atoms. The van der Waals surface area contributed by atoms with Gasteiger partial charge < -0.3 is 5.11 Å². The average molecular weight is 250 g/mol. The maximum absolute atomic E-state index is 12.1. The summed E-state index contributed by atoms with van der Waals surface area (Å²) >= 11 is 0. The fourth-order valence-corrected chi connectivity index (χ4v) is 0.575. The Labute approximate surface area is 76.5 Å². The Morgan fingerprint density at radius 2 is 1.07 bits per heavy atom. The molecule has 0 aromatic rings. The van der Waals surface area contributed by atoms with Crippen LogP contribution in [0, 0.1) is 0 Å². The fourth-order valence-electron chi connectivity index (χ4n) is 0.575. The van der Waals surface area contributed by atoms with Crippen LogP contribution >= 0.6 is 0 Å². The highest BCUT2D eigenvalue weighted by molar-refractivity contribution is 4.92. The van der Waals surface area contributed by atoms with Crippen molar-refractivity contribution in [3.05, 3.63) is 0 Å². The molecule has 1 N–H and O–H groups in total. The third-order valence-corrected chi connectivity index (χ3v) is 1.30. The van der Waals surface area contributed by atoms with Crippen LogP contribution in [0.1, 0.15) is 0 Å². The summed E-state index contributed by atoms with van der Waals surface area (Å²) in [6.07, 6.45) is -22.0. The fraction of sp³-hybridized carbons (Fsp3) is 1.00. The van der Waals surface area contributed by atoms with Gasteiger partial charge in [0.05, 0.1) is 0 Å². The van der Waals surface area contributed by atoms with E-state index < -0.39 is 30.6 Å². The van der Waals surface area contributed by atoms with E-state index in [-0.39, 0.29) is 0 Å². The van der Waals surface area contributed by atoms with Gasteiger partial charge in [-0.2, -0.15) is 35.1 Å². The lowest BCUT2D eigenvalue weighted by Crippen LogP contribution is -2.55. The molecule has 0 unspecified atom stereocenters. The quantitative estimate of drug-likeness (QED) is 0.746. The van der Waals surface area contributed by atoms with Crippen molar-refractivity contribution in [2.24, 2.45) is 0 Å². The third kappa shape index (κ3) is 3.14. The molecule has 0 heterocycles. The topological polar surface area (TPSA) is 20.2 Å². The number of rotatable bonds is 2. The van der Waals surface area contributed by atoms with Crippen LogP contribution in [0.15, 0.2) is 0 Å². The number of hydrogen-bond acceptors (Lipinski definition) is 1. The molecule has 0 aliphatic heterocycles. The molecule has 92 valence electrons. The smallest absolute Gasteiger partial charge is 0.379 e. The second-order valence-corrected chi connectivity index (χ2v) is 2.52. The van der Waals surface area contributed by atoms with Crippen molar-refractivity contribution >= 4 is 0 Å². The highest BCUT2D eigenvalue weighted by Crippen LogP contribution is 2.41. The lowest BCUT2D eigenvalue weighted by molar-refractivity contribution is -0.319. The number of aliphatic hydroxyl groups is 1. The molecule has 0 aromatic carbocycles. The zero-order valence-corrected chi connectivity index (χ0v) is 6.50. The Morgan fingerprint density at radius 3 is 1.27 bits per heavy atom. The minimum Gasteiger partial charge on any atom is -0.379 e. The van der Waals surface area contributed by atoms with Gasteiger partial charge in [0.1, 0.15) is 0 Å². The molecule has 0 radical (unpaired) electrons. The summed E-state index contributed by atoms with van der Waals surface area (Å²) in [6, 6.07) is 0. The predicted octanol–water partition coefficient (Wildman–Crippen LogP) is 2.45. The molecule has 0 saturated carbocycles. The molecule has 0 bridgehead atoms. The first kappa shape index (κ1) is 14.3. The van der Waals surface area contributed by atoms with Gasteiger partial charge in [0.15, 0.2) is 0 Å². The second kappa shape index (κ2) is 3.72. The standard InChI is InChI=1S/C5H3F9O/c6-1(4(9,10)11)3(7,8)2(15)5(12,13)14/h1-2,15H/t1-,2+/m0/s1. The zero-order chi connectivity index (χ0) is 12.7. The van der Waals surface area contributed by atoms with Crippen LogP contribution in [0.25, 0.3) is 0 Å². The molecule has 1 nitrogen and oxygen atoms in total. The Balaban J connectivity index is 4.98. The monoisotopic (exact) mass is 250 g/mol. The summed E-state index contributed by atoms with van der Waals surface area (Å²) in [4.78, 5) is 0. The largest absolute Gasteiger partial charge is 0.425 e. The van der Waals surface area contributed by atoms with Crippen LogP contribution in [-0.4, -0.2) is 35.7 Å². The summed E-state index contributed by atoms with van der Waals surface area (Å²) in [5.74, 6) is -5.98. The van der Waals surface area contributed by atoms with Gasteiger partial charge in [-0.1, -0.05) is 0 Å². The molecular formula is C5H3F9O. The first-order chi connectivity index (χ1) is 6.31. The van der Waals surface area contributed by atoms with Gasteiger partial charge in [-0.3, -0.25) is 0 Å². The second-order valence-electron chi connectivity index (χ2n) is 2.52. The SMILES string of the molecule is O[C@@H](C(F)(F)F)C(F)(F)[C@H](F)C(F)(F)F. The molecule has 0 aliphatic rings. The lowest BCUT2D eigenvalue weighted by Gasteiger charge is -2.27. The summed E-state index contributed by atoms with van der Waals surface area (Å²) in [6.45, 7) is 0. The van der Waals surface area contributed by atoms with Crippen molar-refractivity contribution < 1.29 is 44.6 Å². The molecule has 2 atom stereocenters. The van der Waals surface area contributed by atoms with Crippen LogP contribution in [0.4, 0.5) is 39.5 Å². The van der Waals surface area contributed by atoms with Crippen molar-refractivity contribution in [1.29, 1.82) is 0 Å². The molecule has 0 rings (SSSR count). The van der Waals surface area contributed by atoms with Gasteiger partial charge in [0, 0.05) is 0 Å². The normalized spacial score (nSPS) is 18.8. The van der Waals surface area contributed by atoms with Gasteiger partial charge in [0.25, 0.3) is 6.17 Å². The molecular weight excluding hydrogens is 247 g/mol. The van der Waals surface area contributed by atoms with Crippen molar-refractivity contribution in [3.63, 3.8) is 0 Å². The Morgan fingerprint density at radius 1 is 0.733 bits per heavy atom. The zero-order valence-electron chi connectivity index (χ0n) is 6.50.